The molecular weight excluding hydrogens is 387 g/mol. The van der Waals surface area contributed by atoms with Crippen LogP contribution in [-0.2, 0) is 13.2 Å². The number of fused-ring (bicyclic) bond motifs is 1. The highest BCUT2D eigenvalue weighted by Gasteiger charge is 2.15. The molecule has 1 fully saturated rings. The average molecular weight is 407 g/mol. The molecule has 0 aliphatic carbocycles. The Bertz CT molecular complexity index is 1010. The van der Waals surface area contributed by atoms with Gasteiger partial charge in [-0.15, -0.1) is 0 Å². The summed E-state index contributed by atoms with van der Waals surface area (Å²) in [5.74, 6) is 0.377. The number of imidazole rings is 1. The van der Waals surface area contributed by atoms with Crippen molar-refractivity contribution in [3.05, 3.63) is 50.5 Å². The van der Waals surface area contributed by atoms with E-state index in [0.717, 1.165) is 18.7 Å². The van der Waals surface area contributed by atoms with Gasteiger partial charge >= 0.3 is 0 Å². The lowest BCUT2D eigenvalue weighted by Crippen LogP contribution is -2.32. The first-order valence-electron chi connectivity index (χ1n) is 8.95. The number of rotatable bonds is 5. The molecule has 2 N–H and O–H groups in total. The van der Waals surface area contributed by atoms with Crippen LogP contribution in [0.15, 0.2) is 29.3 Å². The summed E-state index contributed by atoms with van der Waals surface area (Å²) in [6.07, 6.45) is 5.36. The van der Waals surface area contributed by atoms with E-state index in [1.165, 1.54) is 19.3 Å². The highest BCUT2D eigenvalue weighted by atomic mass is 35.5. The Morgan fingerprint density at radius 3 is 2.74 bits per heavy atom. The normalized spacial score (nSPS) is 15.3. The maximum Gasteiger partial charge on any atom is 0.278 e. The molecule has 7 nitrogen and oxygen atoms in total. The van der Waals surface area contributed by atoms with Gasteiger partial charge in [-0.25, -0.2) is 4.98 Å². The molecule has 1 saturated heterocycles. The van der Waals surface area contributed by atoms with Gasteiger partial charge in [0.2, 0.25) is 5.95 Å². The van der Waals surface area contributed by atoms with Crippen molar-refractivity contribution in [3.8, 4) is 0 Å². The number of H-pyrrole nitrogens is 1. The van der Waals surface area contributed by atoms with Gasteiger partial charge in [-0.1, -0.05) is 35.7 Å². The minimum Gasteiger partial charge on any atom is -0.352 e. The lowest BCUT2D eigenvalue weighted by molar-refractivity contribution is 0.184. The van der Waals surface area contributed by atoms with Gasteiger partial charge in [-0.05, 0) is 43.6 Å². The van der Waals surface area contributed by atoms with Crippen LogP contribution in [0.2, 0.25) is 10.0 Å². The number of piperidine rings is 1. The van der Waals surface area contributed by atoms with E-state index in [-0.39, 0.29) is 5.56 Å². The van der Waals surface area contributed by atoms with Crippen molar-refractivity contribution in [1.82, 2.24) is 24.4 Å². The van der Waals surface area contributed by atoms with Gasteiger partial charge in [-0.2, -0.15) is 4.98 Å². The first-order chi connectivity index (χ1) is 13.1. The van der Waals surface area contributed by atoms with E-state index in [1.54, 1.807) is 18.5 Å². The van der Waals surface area contributed by atoms with Gasteiger partial charge in [0, 0.05) is 6.54 Å². The molecule has 1 aromatic carbocycles. The van der Waals surface area contributed by atoms with Gasteiger partial charge < -0.3 is 9.88 Å². The Kier molecular flexibility index (Phi) is 5.33. The second-order valence-electron chi connectivity index (χ2n) is 6.72. The van der Waals surface area contributed by atoms with Crippen molar-refractivity contribution < 1.29 is 0 Å². The van der Waals surface area contributed by atoms with Crippen LogP contribution in [-0.4, -0.2) is 37.5 Å². The molecule has 0 spiro atoms. The van der Waals surface area contributed by atoms with E-state index in [1.807, 2.05) is 10.6 Å². The standard InChI is InChI=1S/C18H20Cl2N6O/c19-13-5-4-12(8-14(13)20)9-21-18-23-16-15(17(27)24-18)26(10-22-16)11-25-6-2-1-3-7-25/h4-5,8,10H,1-3,6-7,9,11H2,(H2,21,23,24,27). The molecule has 0 unspecified atom stereocenters. The number of hydrogen-bond donors (Lipinski definition) is 2. The molecule has 142 valence electrons. The number of nitrogens with one attached hydrogen (secondary N) is 2. The summed E-state index contributed by atoms with van der Waals surface area (Å²) < 4.78 is 1.87. The number of benzene rings is 1. The van der Waals surface area contributed by atoms with Crippen LogP contribution in [0, 0.1) is 0 Å². The topological polar surface area (TPSA) is 78.8 Å². The van der Waals surface area contributed by atoms with Crippen molar-refractivity contribution in [2.45, 2.75) is 32.5 Å². The van der Waals surface area contributed by atoms with E-state index in [2.05, 4.69) is 25.2 Å². The smallest absolute Gasteiger partial charge is 0.278 e. The summed E-state index contributed by atoms with van der Waals surface area (Å²) >= 11 is 12.0. The summed E-state index contributed by atoms with van der Waals surface area (Å²) in [6.45, 7) is 3.22. The van der Waals surface area contributed by atoms with Crippen LogP contribution in [0.5, 0.6) is 0 Å². The predicted molar refractivity (Wildman–Crippen MR) is 107 cm³/mol. The number of nitrogens with zero attached hydrogens (tertiary/aromatic N) is 4. The third-order valence-electron chi connectivity index (χ3n) is 4.73. The van der Waals surface area contributed by atoms with Crippen LogP contribution in [0.3, 0.4) is 0 Å². The molecule has 0 amide bonds. The van der Waals surface area contributed by atoms with Gasteiger partial charge in [0.1, 0.15) is 0 Å². The first-order valence-corrected chi connectivity index (χ1v) is 9.71. The van der Waals surface area contributed by atoms with Crippen molar-refractivity contribution >= 4 is 40.3 Å². The molecule has 2 aromatic heterocycles. The van der Waals surface area contributed by atoms with Gasteiger partial charge in [0.25, 0.3) is 5.56 Å². The van der Waals surface area contributed by atoms with E-state index in [0.29, 0.717) is 40.4 Å². The van der Waals surface area contributed by atoms with Crippen LogP contribution >= 0.6 is 23.2 Å². The summed E-state index contributed by atoms with van der Waals surface area (Å²) in [5.41, 5.74) is 1.67. The number of aromatic amines is 1. The number of aromatic nitrogens is 4. The third-order valence-corrected chi connectivity index (χ3v) is 5.47. The van der Waals surface area contributed by atoms with E-state index >= 15 is 0 Å². The second-order valence-corrected chi connectivity index (χ2v) is 7.54. The van der Waals surface area contributed by atoms with Crippen molar-refractivity contribution in [2.75, 3.05) is 18.4 Å². The van der Waals surface area contributed by atoms with Crippen LogP contribution in [0.4, 0.5) is 5.95 Å². The number of hydrogen-bond acceptors (Lipinski definition) is 5. The lowest BCUT2D eigenvalue weighted by Gasteiger charge is -2.26. The largest absolute Gasteiger partial charge is 0.352 e. The zero-order valence-corrected chi connectivity index (χ0v) is 16.2. The maximum absolute atomic E-state index is 12.6. The van der Waals surface area contributed by atoms with Gasteiger partial charge in [-0.3, -0.25) is 14.7 Å². The molecule has 0 saturated carbocycles. The second kappa shape index (κ2) is 7.88. The highest BCUT2D eigenvalue weighted by molar-refractivity contribution is 6.42. The lowest BCUT2D eigenvalue weighted by atomic mass is 10.1. The Balaban J connectivity index is 1.51. The molecule has 27 heavy (non-hydrogen) atoms. The first kappa shape index (κ1) is 18.3. The fourth-order valence-electron chi connectivity index (χ4n) is 3.33. The summed E-state index contributed by atoms with van der Waals surface area (Å²) in [6, 6.07) is 5.38. The quantitative estimate of drug-likeness (QED) is 0.677. The molecule has 4 rings (SSSR count). The zero-order chi connectivity index (χ0) is 18.8. The molecule has 0 bridgehead atoms. The number of likely N-dealkylation sites (tertiary alicyclic amines) is 1. The highest BCUT2D eigenvalue weighted by Crippen LogP contribution is 2.23. The summed E-state index contributed by atoms with van der Waals surface area (Å²) in [5, 5.41) is 4.10. The SMILES string of the molecule is O=c1[nH]c(NCc2ccc(Cl)c(Cl)c2)nc2ncn(CN3CCCCC3)c12. The van der Waals surface area contributed by atoms with E-state index in [4.69, 9.17) is 23.2 Å². The molecular formula is C18H20Cl2N6O. The summed E-state index contributed by atoms with van der Waals surface area (Å²) in [7, 11) is 0. The van der Waals surface area contributed by atoms with Crippen molar-refractivity contribution in [1.29, 1.82) is 0 Å². The van der Waals surface area contributed by atoms with Gasteiger partial charge in [0.15, 0.2) is 11.2 Å². The van der Waals surface area contributed by atoms with Crippen LogP contribution in [0.1, 0.15) is 24.8 Å². The number of halogens is 2. The number of anilines is 1. The average Bonchev–Trinajstić information content (AvgIpc) is 3.07. The Morgan fingerprint density at radius 2 is 1.96 bits per heavy atom. The monoisotopic (exact) mass is 406 g/mol. The summed E-state index contributed by atoms with van der Waals surface area (Å²) in [4.78, 5) is 26.4. The van der Waals surface area contributed by atoms with E-state index in [9.17, 15) is 4.79 Å². The Labute approximate surface area is 166 Å². The van der Waals surface area contributed by atoms with Crippen LogP contribution in [0.25, 0.3) is 11.2 Å². The Hall–Kier alpha value is -2.09. The van der Waals surface area contributed by atoms with Crippen LogP contribution < -0.4 is 10.9 Å². The zero-order valence-electron chi connectivity index (χ0n) is 14.7. The molecule has 0 atom stereocenters. The Morgan fingerprint density at radius 1 is 1.15 bits per heavy atom. The van der Waals surface area contributed by atoms with Crippen molar-refractivity contribution in [3.63, 3.8) is 0 Å². The van der Waals surface area contributed by atoms with Gasteiger partial charge in [0.05, 0.1) is 23.0 Å². The van der Waals surface area contributed by atoms with Crippen molar-refractivity contribution in [2.24, 2.45) is 0 Å². The molecule has 3 heterocycles. The predicted octanol–water partition coefficient (Wildman–Crippen LogP) is 3.48. The fraction of sp³-hybridized carbons (Fsp3) is 0.389. The minimum atomic E-state index is -0.203. The van der Waals surface area contributed by atoms with E-state index < -0.39 is 0 Å². The minimum absolute atomic E-state index is 0.203. The third kappa shape index (κ3) is 4.10. The molecule has 1 aliphatic rings. The molecule has 1 aliphatic heterocycles. The molecule has 9 heteroatoms. The fourth-order valence-corrected chi connectivity index (χ4v) is 3.65. The maximum atomic E-state index is 12.6. The molecule has 0 radical (unpaired) electrons. The molecule has 3 aromatic rings.